The Morgan fingerprint density at radius 2 is 1.05 bits per heavy atom. The summed E-state index contributed by atoms with van der Waals surface area (Å²) in [6.45, 7) is 5.39. The van der Waals surface area contributed by atoms with Crippen molar-refractivity contribution in [2.24, 2.45) is 0 Å². The molecule has 6 heteroatoms. The van der Waals surface area contributed by atoms with Crippen molar-refractivity contribution < 1.29 is 23.7 Å². The van der Waals surface area contributed by atoms with Gasteiger partial charge in [0, 0.05) is 13.1 Å². The summed E-state index contributed by atoms with van der Waals surface area (Å²) < 4.78 is 26.5. The van der Waals surface area contributed by atoms with E-state index < -0.39 is 18.3 Å². The average Bonchev–Trinajstić information content (AvgIpc) is 3.21. The Kier molecular flexibility index (Phi) is 12.1. The third-order valence-corrected chi connectivity index (χ3v) is 7.91. The van der Waals surface area contributed by atoms with Crippen LogP contribution >= 0.6 is 0 Å². The van der Waals surface area contributed by atoms with E-state index in [-0.39, 0.29) is 12.1 Å². The molecule has 44 heavy (non-hydrogen) atoms. The van der Waals surface area contributed by atoms with Gasteiger partial charge in [0.15, 0.2) is 0 Å². The zero-order valence-electron chi connectivity index (χ0n) is 25.5. The average molecular weight is 594 g/mol. The molecule has 1 aliphatic rings. The van der Waals surface area contributed by atoms with E-state index in [1.807, 2.05) is 84.9 Å². The fourth-order valence-corrected chi connectivity index (χ4v) is 5.53. The van der Waals surface area contributed by atoms with Crippen molar-refractivity contribution in [3.63, 3.8) is 0 Å². The van der Waals surface area contributed by atoms with Crippen molar-refractivity contribution in [3.05, 3.63) is 144 Å². The first kappa shape index (κ1) is 31.6. The second kappa shape index (κ2) is 16.9. The van der Waals surface area contributed by atoms with E-state index >= 15 is 0 Å². The summed E-state index contributed by atoms with van der Waals surface area (Å²) in [5.41, 5.74) is 3.70. The Bertz CT molecular complexity index is 1370. The minimum absolute atomic E-state index is 0.322. The maximum atomic E-state index is 13.5. The third kappa shape index (κ3) is 9.34. The summed E-state index contributed by atoms with van der Waals surface area (Å²) in [5, 5.41) is 0. The fraction of sp³-hybridized carbons (Fsp3) is 0.342. The van der Waals surface area contributed by atoms with Crippen molar-refractivity contribution in [1.82, 2.24) is 4.90 Å². The second-order valence-corrected chi connectivity index (χ2v) is 11.3. The van der Waals surface area contributed by atoms with Gasteiger partial charge in [0.1, 0.15) is 18.3 Å². The van der Waals surface area contributed by atoms with Crippen molar-refractivity contribution >= 4 is 5.97 Å². The summed E-state index contributed by atoms with van der Waals surface area (Å²) in [7, 11) is 0. The topological polar surface area (TPSA) is 57.2 Å². The van der Waals surface area contributed by atoms with Crippen molar-refractivity contribution in [3.8, 4) is 0 Å². The van der Waals surface area contributed by atoms with Gasteiger partial charge in [-0.15, -0.1) is 0 Å². The molecule has 0 saturated carbocycles. The second-order valence-electron chi connectivity index (χ2n) is 11.3. The van der Waals surface area contributed by atoms with Gasteiger partial charge < -0.3 is 18.9 Å². The number of hydrogen-bond donors (Lipinski definition) is 0. The SMILES string of the molecule is CCCCN1C[C@H](OCc2ccccc2)[C@@H](OCc2ccccc2)[C@@H](OCc2ccccc2)[C@H](OC(=O)c2ccccc2)C1. The smallest absolute Gasteiger partial charge is 0.338 e. The van der Waals surface area contributed by atoms with Crippen LogP contribution in [0, 0.1) is 0 Å². The minimum Gasteiger partial charge on any atom is -0.455 e. The van der Waals surface area contributed by atoms with Crippen LogP contribution in [0.15, 0.2) is 121 Å². The highest BCUT2D eigenvalue weighted by atomic mass is 16.6. The van der Waals surface area contributed by atoms with E-state index in [0.29, 0.717) is 38.5 Å². The summed E-state index contributed by atoms with van der Waals surface area (Å²) in [5.74, 6) is -0.371. The van der Waals surface area contributed by atoms with Crippen LogP contribution in [0.1, 0.15) is 46.8 Å². The summed E-state index contributed by atoms with van der Waals surface area (Å²) in [6.07, 6.45) is 0.117. The van der Waals surface area contributed by atoms with Gasteiger partial charge in [0.2, 0.25) is 0 Å². The molecule has 0 radical (unpaired) electrons. The maximum absolute atomic E-state index is 13.5. The highest BCUT2D eigenvalue weighted by Crippen LogP contribution is 2.27. The number of nitrogens with zero attached hydrogens (tertiary/aromatic N) is 1. The number of rotatable bonds is 14. The molecule has 0 unspecified atom stereocenters. The van der Waals surface area contributed by atoms with Crippen LogP contribution in [0.3, 0.4) is 0 Å². The molecular formula is C38H43NO5. The summed E-state index contributed by atoms with van der Waals surface area (Å²) in [6, 6.07) is 39.5. The maximum Gasteiger partial charge on any atom is 0.338 e. The van der Waals surface area contributed by atoms with Crippen molar-refractivity contribution in [2.75, 3.05) is 19.6 Å². The quantitative estimate of drug-likeness (QED) is 0.146. The fourth-order valence-electron chi connectivity index (χ4n) is 5.53. The molecule has 0 amide bonds. The molecule has 6 nitrogen and oxygen atoms in total. The van der Waals surface area contributed by atoms with Gasteiger partial charge >= 0.3 is 5.97 Å². The number of carbonyl (C=O) groups is 1. The Hall–Kier alpha value is -3.81. The first-order valence-corrected chi connectivity index (χ1v) is 15.6. The molecule has 4 atom stereocenters. The van der Waals surface area contributed by atoms with Crippen molar-refractivity contribution in [2.45, 2.75) is 64.0 Å². The molecule has 0 bridgehead atoms. The van der Waals surface area contributed by atoms with Gasteiger partial charge in [0.25, 0.3) is 0 Å². The molecule has 1 heterocycles. The van der Waals surface area contributed by atoms with Crippen LogP contribution in [-0.2, 0) is 38.8 Å². The predicted octanol–water partition coefficient (Wildman–Crippen LogP) is 7.08. The van der Waals surface area contributed by atoms with E-state index in [2.05, 4.69) is 36.1 Å². The van der Waals surface area contributed by atoms with Crippen LogP contribution in [0.5, 0.6) is 0 Å². The highest BCUT2D eigenvalue weighted by Gasteiger charge is 2.44. The Morgan fingerprint density at radius 1 is 0.614 bits per heavy atom. The number of hydrogen-bond acceptors (Lipinski definition) is 6. The Morgan fingerprint density at radius 3 is 1.55 bits per heavy atom. The minimum atomic E-state index is -0.575. The lowest BCUT2D eigenvalue weighted by atomic mass is 10.0. The number of ether oxygens (including phenoxy) is 4. The van der Waals surface area contributed by atoms with Gasteiger partial charge in [-0.2, -0.15) is 0 Å². The standard InChI is InChI=1S/C38H43NO5/c1-2-3-24-39-25-34(41-27-30-16-8-4-9-17-30)36(42-28-31-18-10-5-11-19-31)37(43-29-32-20-12-6-13-21-32)35(26-39)44-38(40)33-22-14-7-15-23-33/h4-23,34-37H,2-3,24-29H2,1H3/t34-,35+,36+,37-/m0/s1. The number of unbranched alkanes of at least 4 members (excludes halogenated alkanes) is 1. The van der Waals surface area contributed by atoms with Crippen LogP contribution in [0.4, 0.5) is 0 Å². The van der Waals surface area contributed by atoms with Gasteiger partial charge in [-0.25, -0.2) is 4.79 Å². The van der Waals surface area contributed by atoms with Crippen LogP contribution in [0.25, 0.3) is 0 Å². The van der Waals surface area contributed by atoms with Gasteiger partial charge in [0.05, 0.1) is 31.5 Å². The van der Waals surface area contributed by atoms with E-state index in [1.165, 1.54) is 0 Å². The van der Waals surface area contributed by atoms with Crippen LogP contribution in [0.2, 0.25) is 0 Å². The molecule has 0 aliphatic carbocycles. The van der Waals surface area contributed by atoms with E-state index in [4.69, 9.17) is 18.9 Å². The van der Waals surface area contributed by atoms with Crippen LogP contribution in [-0.4, -0.2) is 54.9 Å². The zero-order chi connectivity index (χ0) is 30.4. The van der Waals surface area contributed by atoms with E-state index in [9.17, 15) is 4.79 Å². The van der Waals surface area contributed by atoms with Gasteiger partial charge in [-0.05, 0) is 41.8 Å². The largest absolute Gasteiger partial charge is 0.455 e. The summed E-state index contributed by atoms with van der Waals surface area (Å²) in [4.78, 5) is 15.8. The molecule has 1 aliphatic heterocycles. The monoisotopic (exact) mass is 593 g/mol. The Balaban J connectivity index is 1.48. The first-order chi connectivity index (χ1) is 21.7. The predicted molar refractivity (Wildman–Crippen MR) is 172 cm³/mol. The lowest BCUT2D eigenvalue weighted by molar-refractivity contribution is -0.169. The molecule has 5 rings (SSSR count). The normalized spacial score (nSPS) is 20.6. The van der Waals surface area contributed by atoms with Gasteiger partial charge in [-0.3, -0.25) is 4.90 Å². The van der Waals surface area contributed by atoms with Gasteiger partial charge in [-0.1, -0.05) is 123 Å². The number of likely N-dealkylation sites (tertiary alicyclic amines) is 1. The molecule has 1 fully saturated rings. The molecule has 4 aromatic carbocycles. The molecule has 4 aromatic rings. The number of carbonyl (C=O) groups excluding carboxylic acids is 1. The molecule has 0 N–H and O–H groups in total. The lowest BCUT2D eigenvalue weighted by Gasteiger charge is -2.34. The molecule has 230 valence electrons. The first-order valence-electron chi connectivity index (χ1n) is 15.6. The summed E-state index contributed by atoms with van der Waals surface area (Å²) >= 11 is 0. The molecular weight excluding hydrogens is 550 g/mol. The molecule has 0 spiro atoms. The van der Waals surface area contributed by atoms with Crippen molar-refractivity contribution in [1.29, 1.82) is 0 Å². The van der Waals surface area contributed by atoms with E-state index in [1.54, 1.807) is 12.1 Å². The molecule has 1 saturated heterocycles. The lowest BCUT2D eigenvalue weighted by Crippen LogP contribution is -2.49. The zero-order valence-corrected chi connectivity index (χ0v) is 25.5. The number of benzene rings is 4. The third-order valence-electron chi connectivity index (χ3n) is 7.91. The Labute approximate surface area is 261 Å². The number of esters is 1. The molecule has 0 aromatic heterocycles. The highest BCUT2D eigenvalue weighted by molar-refractivity contribution is 5.89. The van der Waals surface area contributed by atoms with Crippen LogP contribution < -0.4 is 0 Å². The van der Waals surface area contributed by atoms with E-state index in [0.717, 1.165) is 36.1 Å².